The molecule has 0 bridgehead atoms. The molecular weight excluding hydrogens is 372 g/mol. The van der Waals surface area contributed by atoms with Gasteiger partial charge in [0.1, 0.15) is 0 Å². The number of carbonyl (C=O) groups excluding carboxylic acids is 1. The second-order valence-electron chi connectivity index (χ2n) is 6.70. The summed E-state index contributed by atoms with van der Waals surface area (Å²) in [6, 6.07) is 13.7. The minimum atomic E-state index is -3.74. The minimum absolute atomic E-state index is 0.130. The van der Waals surface area contributed by atoms with E-state index in [-0.39, 0.29) is 4.90 Å². The van der Waals surface area contributed by atoms with E-state index in [0.717, 1.165) is 11.3 Å². The van der Waals surface area contributed by atoms with E-state index in [4.69, 9.17) is 11.6 Å². The van der Waals surface area contributed by atoms with E-state index in [1.54, 1.807) is 0 Å². The molecule has 0 unspecified atom stereocenters. The van der Waals surface area contributed by atoms with Gasteiger partial charge < -0.3 is 10.2 Å². The molecule has 0 atom stereocenters. The van der Waals surface area contributed by atoms with Gasteiger partial charge in [0, 0.05) is 31.4 Å². The number of rotatable bonds is 6. The van der Waals surface area contributed by atoms with Crippen LogP contribution in [-0.4, -0.2) is 33.2 Å². The summed E-state index contributed by atoms with van der Waals surface area (Å²) in [6.45, 7) is 0.296. The van der Waals surface area contributed by atoms with E-state index < -0.39 is 20.5 Å². The molecule has 26 heavy (non-hydrogen) atoms. The molecule has 138 valence electrons. The van der Waals surface area contributed by atoms with Crippen LogP contribution in [-0.2, 0) is 21.2 Å². The summed E-state index contributed by atoms with van der Waals surface area (Å²) in [6.07, 6.45) is 0.673. The molecule has 2 aromatic rings. The Balaban J connectivity index is 1.71. The number of halogens is 1. The molecule has 1 aliphatic carbocycles. The molecule has 7 heteroatoms. The first-order valence-corrected chi connectivity index (χ1v) is 10.2. The van der Waals surface area contributed by atoms with Gasteiger partial charge in [-0.2, -0.15) is 0 Å². The van der Waals surface area contributed by atoms with Crippen molar-refractivity contribution in [1.29, 1.82) is 0 Å². The van der Waals surface area contributed by atoms with Gasteiger partial charge in [0.15, 0.2) is 14.6 Å². The van der Waals surface area contributed by atoms with E-state index in [2.05, 4.69) is 5.32 Å². The van der Waals surface area contributed by atoms with Crippen molar-refractivity contribution in [3.63, 3.8) is 0 Å². The lowest BCUT2D eigenvalue weighted by atomic mass is 10.2. The Bertz CT molecular complexity index is 903. The smallest absolute Gasteiger partial charge is 0.242 e. The topological polar surface area (TPSA) is 66.5 Å². The van der Waals surface area contributed by atoms with Crippen molar-refractivity contribution in [3.05, 3.63) is 59.1 Å². The van der Waals surface area contributed by atoms with Crippen molar-refractivity contribution in [1.82, 2.24) is 5.32 Å². The van der Waals surface area contributed by atoms with Crippen molar-refractivity contribution in [3.8, 4) is 0 Å². The average molecular weight is 393 g/mol. The average Bonchev–Trinajstić information content (AvgIpc) is 3.43. The third-order valence-corrected chi connectivity index (χ3v) is 7.43. The van der Waals surface area contributed by atoms with Gasteiger partial charge in [-0.3, -0.25) is 4.79 Å². The molecule has 0 saturated heterocycles. The van der Waals surface area contributed by atoms with Crippen molar-refractivity contribution < 1.29 is 13.2 Å². The highest BCUT2D eigenvalue weighted by Gasteiger charge is 2.61. The van der Waals surface area contributed by atoms with Crippen molar-refractivity contribution in [2.75, 3.05) is 19.0 Å². The number of nitrogens with one attached hydrogen (secondary N) is 1. The van der Waals surface area contributed by atoms with Crippen LogP contribution in [0.2, 0.25) is 5.02 Å². The number of amides is 1. The first-order valence-electron chi connectivity index (χ1n) is 8.31. The van der Waals surface area contributed by atoms with Crippen LogP contribution >= 0.6 is 11.6 Å². The summed E-state index contributed by atoms with van der Waals surface area (Å²) in [5, 5.41) is 3.24. The maximum Gasteiger partial charge on any atom is 0.242 e. The lowest BCUT2D eigenvalue weighted by Gasteiger charge is -2.17. The van der Waals surface area contributed by atoms with E-state index in [1.807, 2.05) is 43.3 Å². The van der Waals surface area contributed by atoms with Crippen LogP contribution in [0.25, 0.3) is 0 Å². The summed E-state index contributed by atoms with van der Waals surface area (Å²) in [7, 11) is 0.164. The lowest BCUT2D eigenvalue weighted by molar-refractivity contribution is -0.121. The third kappa shape index (κ3) is 3.44. The quantitative estimate of drug-likeness (QED) is 0.820. The van der Waals surface area contributed by atoms with E-state index in [0.29, 0.717) is 24.4 Å². The predicted molar refractivity (Wildman–Crippen MR) is 103 cm³/mol. The Morgan fingerprint density at radius 2 is 1.65 bits per heavy atom. The predicted octanol–water partition coefficient (Wildman–Crippen LogP) is 3.03. The van der Waals surface area contributed by atoms with Crippen LogP contribution in [0.4, 0.5) is 5.69 Å². The molecule has 5 nitrogen and oxygen atoms in total. The summed E-state index contributed by atoms with van der Waals surface area (Å²) < 4.78 is 24.4. The van der Waals surface area contributed by atoms with Gasteiger partial charge in [-0.05, 0) is 54.8 Å². The van der Waals surface area contributed by atoms with Crippen molar-refractivity contribution >= 4 is 33.0 Å². The van der Waals surface area contributed by atoms with Crippen molar-refractivity contribution in [2.24, 2.45) is 0 Å². The van der Waals surface area contributed by atoms with E-state index in [9.17, 15) is 13.2 Å². The SMILES string of the molecule is CN(C)c1ccc(CNC(=O)C2(S(=O)(=O)c3ccc(Cl)cc3)CC2)cc1. The molecule has 0 aromatic heterocycles. The maximum absolute atomic E-state index is 12.9. The summed E-state index contributed by atoms with van der Waals surface area (Å²) in [4.78, 5) is 14.8. The lowest BCUT2D eigenvalue weighted by Crippen LogP contribution is -2.41. The molecule has 1 saturated carbocycles. The summed E-state index contributed by atoms with van der Waals surface area (Å²) in [5.41, 5.74) is 1.98. The summed E-state index contributed by atoms with van der Waals surface area (Å²) in [5.74, 6) is -0.441. The zero-order valence-electron chi connectivity index (χ0n) is 14.7. The Morgan fingerprint density at radius 1 is 1.08 bits per heavy atom. The number of carbonyl (C=O) groups is 1. The highest BCUT2D eigenvalue weighted by Crippen LogP contribution is 2.47. The van der Waals surface area contributed by atoms with Crippen LogP contribution < -0.4 is 10.2 Å². The molecule has 0 radical (unpaired) electrons. The first kappa shape index (κ1) is 18.7. The molecular formula is C19H21ClN2O3S. The number of nitrogens with zero attached hydrogens (tertiary/aromatic N) is 1. The number of hydrogen-bond acceptors (Lipinski definition) is 4. The van der Waals surface area contributed by atoms with Crippen LogP contribution in [0, 0.1) is 0 Å². The molecule has 1 N–H and O–H groups in total. The maximum atomic E-state index is 12.9. The molecule has 1 fully saturated rings. The fourth-order valence-electron chi connectivity index (χ4n) is 2.83. The Labute approximate surface area is 158 Å². The monoisotopic (exact) mass is 392 g/mol. The normalized spacial score (nSPS) is 15.3. The molecule has 1 aliphatic rings. The number of anilines is 1. The van der Waals surface area contributed by atoms with Crippen LogP contribution in [0.5, 0.6) is 0 Å². The summed E-state index contributed by atoms with van der Waals surface area (Å²) >= 11 is 5.83. The van der Waals surface area contributed by atoms with Gasteiger partial charge in [-0.15, -0.1) is 0 Å². The molecule has 2 aromatic carbocycles. The van der Waals surface area contributed by atoms with Crippen molar-refractivity contribution in [2.45, 2.75) is 29.0 Å². The second-order valence-corrected chi connectivity index (χ2v) is 9.39. The zero-order chi connectivity index (χ0) is 18.9. The second kappa shape index (κ2) is 6.93. The Kier molecular flexibility index (Phi) is 4.99. The minimum Gasteiger partial charge on any atom is -0.378 e. The first-order chi connectivity index (χ1) is 12.3. The van der Waals surface area contributed by atoms with Crippen LogP contribution in [0.3, 0.4) is 0 Å². The van der Waals surface area contributed by atoms with E-state index >= 15 is 0 Å². The molecule has 0 aliphatic heterocycles. The fraction of sp³-hybridized carbons (Fsp3) is 0.316. The highest BCUT2D eigenvalue weighted by atomic mass is 35.5. The van der Waals surface area contributed by atoms with Gasteiger partial charge in [-0.1, -0.05) is 23.7 Å². The molecule has 3 rings (SSSR count). The van der Waals surface area contributed by atoms with Gasteiger partial charge in [0.05, 0.1) is 4.90 Å². The molecule has 1 amide bonds. The standard InChI is InChI=1S/C19H21ClN2O3S/c1-22(2)16-7-3-14(4-8-16)13-21-18(23)19(11-12-19)26(24,25)17-9-5-15(20)6-10-17/h3-10H,11-13H2,1-2H3,(H,21,23). The number of benzene rings is 2. The highest BCUT2D eigenvalue weighted by molar-refractivity contribution is 7.94. The van der Waals surface area contributed by atoms with Gasteiger partial charge in [0.25, 0.3) is 0 Å². The van der Waals surface area contributed by atoms with Gasteiger partial charge in [-0.25, -0.2) is 8.42 Å². The van der Waals surface area contributed by atoms with Crippen LogP contribution in [0.15, 0.2) is 53.4 Å². The zero-order valence-corrected chi connectivity index (χ0v) is 16.3. The Hall–Kier alpha value is -2.05. The fourth-order valence-corrected chi connectivity index (χ4v) is 4.85. The number of sulfone groups is 1. The Morgan fingerprint density at radius 3 is 2.15 bits per heavy atom. The van der Waals surface area contributed by atoms with E-state index in [1.165, 1.54) is 24.3 Å². The third-order valence-electron chi connectivity index (χ3n) is 4.66. The molecule has 0 spiro atoms. The van der Waals surface area contributed by atoms with Crippen LogP contribution in [0.1, 0.15) is 18.4 Å². The van der Waals surface area contributed by atoms with Gasteiger partial charge >= 0.3 is 0 Å². The van der Waals surface area contributed by atoms with Gasteiger partial charge in [0.2, 0.25) is 5.91 Å². The largest absolute Gasteiger partial charge is 0.378 e. The molecule has 0 heterocycles. The number of hydrogen-bond donors (Lipinski definition) is 1.